The zero-order chi connectivity index (χ0) is 18.4. The standard InChI is InChI=1S/C21H33NO3/c1-6-11-25-21(9-7-8-10-21)20(23)22-18-12-16(4)19(17(5)13-18)24-14-15(2)3/h12-13,15H,6-11,14H2,1-5H3,(H,22,23). The quantitative estimate of drug-likeness (QED) is 0.718. The Morgan fingerprint density at radius 2 is 1.80 bits per heavy atom. The molecule has 0 atom stereocenters. The lowest BCUT2D eigenvalue weighted by Crippen LogP contribution is -2.43. The molecule has 0 radical (unpaired) electrons. The number of ether oxygens (including phenoxy) is 2. The molecule has 0 aliphatic heterocycles. The largest absolute Gasteiger partial charge is 0.493 e. The molecule has 0 spiro atoms. The molecule has 1 aliphatic rings. The molecule has 1 aromatic carbocycles. The summed E-state index contributed by atoms with van der Waals surface area (Å²) in [5.74, 6) is 1.40. The second-order valence-corrected chi connectivity index (χ2v) is 7.65. The van der Waals surface area contributed by atoms with Crippen LogP contribution in [0.2, 0.25) is 0 Å². The third-order valence-corrected chi connectivity index (χ3v) is 4.69. The molecule has 1 aromatic rings. The van der Waals surface area contributed by atoms with Crippen molar-refractivity contribution in [2.75, 3.05) is 18.5 Å². The minimum Gasteiger partial charge on any atom is -0.493 e. The predicted octanol–water partition coefficient (Wildman–Crippen LogP) is 5.02. The molecule has 0 saturated heterocycles. The van der Waals surface area contributed by atoms with Gasteiger partial charge in [-0.3, -0.25) is 4.79 Å². The van der Waals surface area contributed by atoms with E-state index in [-0.39, 0.29) is 5.91 Å². The second kappa shape index (κ2) is 8.70. The Morgan fingerprint density at radius 1 is 1.20 bits per heavy atom. The van der Waals surface area contributed by atoms with E-state index in [2.05, 4.69) is 26.1 Å². The summed E-state index contributed by atoms with van der Waals surface area (Å²) < 4.78 is 11.9. The van der Waals surface area contributed by atoms with Gasteiger partial charge in [-0.1, -0.05) is 20.8 Å². The summed E-state index contributed by atoms with van der Waals surface area (Å²) in [6.07, 6.45) is 4.65. The van der Waals surface area contributed by atoms with Crippen LogP contribution in [-0.2, 0) is 9.53 Å². The average Bonchev–Trinajstić information content (AvgIpc) is 3.02. The number of amides is 1. The first kappa shape index (κ1) is 19.8. The minimum atomic E-state index is -0.648. The molecule has 4 heteroatoms. The highest BCUT2D eigenvalue weighted by Crippen LogP contribution is 2.35. The zero-order valence-corrected chi connectivity index (χ0v) is 16.4. The number of aryl methyl sites for hydroxylation is 2. The number of rotatable bonds is 8. The molecule has 1 N–H and O–H groups in total. The summed E-state index contributed by atoms with van der Waals surface area (Å²) in [6, 6.07) is 3.98. The van der Waals surface area contributed by atoms with E-state index in [1.54, 1.807) is 0 Å². The van der Waals surface area contributed by atoms with Gasteiger partial charge >= 0.3 is 0 Å². The Balaban J connectivity index is 2.12. The Morgan fingerprint density at radius 3 is 2.32 bits per heavy atom. The van der Waals surface area contributed by atoms with Crippen LogP contribution in [0.25, 0.3) is 0 Å². The van der Waals surface area contributed by atoms with Crippen molar-refractivity contribution in [2.24, 2.45) is 5.92 Å². The van der Waals surface area contributed by atoms with E-state index in [1.807, 2.05) is 26.0 Å². The third-order valence-electron chi connectivity index (χ3n) is 4.69. The Hall–Kier alpha value is -1.55. The topological polar surface area (TPSA) is 47.6 Å². The molecule has 2 rings (SSSR count). The van der Waals surface area contributed by atoms with E-state index >= 15 is 0 Å². The Bertz CT molecular complexity index is 566. The maximum atomic E-state index is 12.9. The van der Waals surface area contributed by atoms with Crippen LogP contribution in [0.5, 0.6) is 5.75 Å². The Labute approximate surface area is 152 Å². The lowest BCUT2D eigenvalue weighted by atomic mass is 10.00. The number of carbonyl (C=O) groups excluding carboxylic acids is 1. The molecule has 1 amide bonds. The number of anilines is 1. The van der Waals surface area contributed by atoms with Gasteiger partial charge in [-0.25, -0.2) is 0 Å². The smallest absolute Gasteiger partial charge is 0.256 e. The van der Waals surface area contributed by atoms with Crippen molar-refractivity contribution >= 4 is 11.6 Å². The second-order valence-electron chi connectivity index (χ2n) is 7.65. The highest BCUT2D eigenvalue weighted by Gasteiger charge is 2.42. The molecule has 4 nitrogen and oxygen atoms in total. The first-order chi connectivity index (χ1) is 11.9. The number of hydrogen-bond acceptors (Lipinski definition) is 3. The van der Waals surface area contributed by atoms with Crippen molar-refractivity contribution in [3.8, 4) is 5.75 Å². The summed E-state index contributed by atoms with van der Waals surface area (Å²) >= 11 is 0. The van der Waals surface area contributed by atoms with Gasteiger partial charge in [0.25, 0.3) is 5.91 Å². The van der Waals surface area contributed by atoms with E-state index in [4.69, 9.17) is 9.47 Å². The molecule has 0 bridgehead atoms. The fourth-order valence-corrected chi connectivity index (χ4v) is 3.43. The average molecular weight is 347 g/mol. The lowest BCUT2D eigenvalue weighted by molar-refractivity contribution is -0.140. The Kier molecular flexibility index (Phi) is 6.88. The SMILES string of the molecule is CCCOC1(C(=O)Nc2cc(C)c(OCC(C)C)c(C)c2)CCCC1. The maximum absolute atomic E-state index is 12.9. The van der Waals surface area contributed by atoms with Crippen LogP contribution < -0.4 is 10.1 Å². The van der Waals surface area contributed by atoms with Crippen LogP contribution >= 0.6 is 0 Å². The highest BCUT2D eigenvalue weighted by atomic mass is 16.5. The van der Waals surface area contributed by atoms with Gasteiger partial charge in [-0.05, 0) is 75.1 Å². The van der Waals surface area contributed by atoms with Gasteiger partial charge in [-0.15, -0.1) is 0 Å². The monoisotopic (exact) mass is 347 g/mol. The fraction of sp³-hybridized carbons (Fsp3) is 0.667. The fourth-order valence-electron chi connectivity index (χ4n) is 3.43. The third kappa shape index (κ3) is 4.97. The number of benzene rings is 1. The molecule has 0 aromatic heterocycles. The summed E-state index contributed by atoms with van der Waals surface area (Å²) in [5.41, 5.74) is 2.27. The molecular weight excluding hydrogens is 314 g/mol. The van der Waals surface area contributed by atoms with Crippen LogP contribution in [0, 0.1) is 19.8 Å². The van der Waals surface area contributed by atoms with Crippen LogP contribution in [0.3, 0.4) is 0 Å². The van der Waals surface area contributed by atoms with E-state index in [1.165, 1.54) is 0 Å². The number of nitrogens with one attached hydrogen (secondary N) is 1. The number of hydrogen-bond donors (Lipinski definition) is 1. The van der Waals surface area contributed by atoms with Gasteiger partial charge in [0, 0.05) is 12.3 Å². The van der Waals surface area contributed by atoms with Crippen molar-refractivity contribution in [1.29, 1.82) is 0 Å². The number of carbonyl (C=O) groups is 1. The molecule has 140 valence electrons. The van der Waals surface area contributed by atoms with Gasteiger partial charge in [0.15, 0.2) is 0 Å². The minimum absolute atomic E-state index is 0.00639. The molecule has 1 saturated carbocycles. The van der Waals surface area contributed by atoms with Crippen molar-refractivity contribution in [3.63, 3.8) is 0 Å². The molecule has 0 unspecified atom stereocenters. The van der Waals surface area contributed by atoms with Gasteiger partial charge in [-0.2, -0.15) is 0 Å². The van der Waals surface area contributed by atoms with Gasteiger partial charge in [0.2, 0.25) is 0 Å². The predicted molar refractivity (Wildman–Crippen MR) is 102 cm³/mol. The molecule has 1 fully saturated rings. The molecule has 0 heterocycles. The van der Waals surface area contributed by atoms with Gasteiger partial charge in [0.1, 0.15) is 11.4 Å². The first-order valence-electron chi connectivity index (χ1n) is 9.57. The van der Waals surface area contributed by atoms with E-state index in [0.717, 1.165) is 54.7 Å². The van der Waals surface area contributed by atoms with E-state index in [0.29, 0.717) is 19.1 Å². The summed E-state index contributed by atoms with van der Waals surface area (Å²) in [5, 5.41) is 3.09. The molecule has 1 aliphatic carbocycles. The highest BCUT2D eigenvalue weighted by molar-refractivity contribution is 5.97. The van der Waals surface area contributed by atoms with Crippen molar-refractivity contribution < 1.29 is 14.3 Å². The lowest BCUT2D eigenvalue weighted by Gasteiger charge is -2.28. The maximum Gasteiger partial charge on any atom is 0.256 e. The molecular formula is C21H33NO3. The van der Waals surface area contributed by atoms with Crippen LogP contribution in [-0.4, -0.2) is 24.7 Å². The van der Waals surface area contributed by atoms with Crippen LogP contribution in [0.1, 0.15) is 64.0 Å². The van der Waals surface area contributed by atoms with E-state index < -0.39 is 5.60 Å². The summed E-state index contributed by atoms with van der Waals surface area (Å²) in [7, 11) is 0. The van der Waals surface area contributed by atoms with Gasteiger partial charge < -0.3 is 14.8 Å². The van der Waals surface area contributed by atoms with Crippen LogP contribution in [0.4, 0.5) is 5.69 Å². The summed E-state index contributed by atoms with van der Waals surface area (Å²) in [6.45, 7) is 11.7. The zero-order valence-electron chi connectivity index (χ0n) is 16.4. The summed E-state index contributed by atoms with van der Waals surface area (Å²) in [4.78, 5) is 12.9. The molecule has 25 heavy (non-hydrogen) atoms. The first-order valence-corrected chi connectivity index (χ1v) is 9.57. The van der Waals surface area contributed by atoms with Gasteiger partial charge in [0.05, 0.1) is 6.61 Å². The van der Waals surface area contributed by atoms with E-state index in [9.17, 15) is 4.79 Å². The van der Waals surface area contributed by atoms with Crippen molar-refractivity contribution in [2.45, 2.75) is 72.3 Å². The van der Waals surface area contributed by atoms with Crippen LogP contribution in [0.15, 0.2) is 12.1 Å². The van der Waals surface area contributed by atoms with Crippen molar-refractivity contribution in [1.82, 2.24) is 0 Å². The van der Waals surface area contributed by atoms with Crippen molar-refractivity contribution in [3.05, 3.63) is 23.3 Å². The normalized spacial score (nSPS) is 16.2.